The van der Waals surface area contributed by atoms with E-state index in [1.807, 2.05) is 68.4 Å². The van der Waals surface area contributed by atoms with Crippen molar-refractivity contribution in [1.82, 2.24) is 4.90 Å². The summed E-state index contributed by atoms with van der Waals surface area (Å²) in [5.74, 6) is -1.11. The molecule has 5 nitrogen and oxygen atoms in total. The number of benzene rings is 3. The van der Waals surface area contributed by atoms with Crippen molar-refractivity contribution < 1.29 is 14.4 Å². The molecule has 196 valence electrons. The summed E-state index contributed by atoms with van der Waals surface area (Å²) >= 11 is 5.78. The number of carbonyl (C=O) groups is 3. The molecule has 0 bridgehead atoms. The van der Waals surface area contributed by atoms with Crippen molar-refractivity contribution in [3.8, 4) is 11.1 Å². The molecule has 1 unspecified atom stereocenters. The van der Waals surface area contributed by atoms with Crippen LogP contribution in [-0.2, 0) is 26.3 Å². The molecule has 1 atom stereocenters. The van der Waals surface area contributed by atoms with Gasteiger partial charge in [0.15, 0.2) is 0 Å². The van der Waals surface area contributed by atoms with E-state index in [0.717, 1.165) is 41.9 Å². The van der Waals surface area contributed by atoms with Gasteiger partial charge in [0.05, 0.1) is 16.1 Å². The predicted molar refractivity (Wildman–Crippen MR) is 161 cm³/mol. The van der Waals surface area contributed by atoms with Gasteiger partial charge in [-0.3, -0.25) is 24.2 Å². The summed E-state index contributed by atoms with van der Waals surface area (Å²) in [4.78, 5) is 45.6. The van der Waals surface area contributed by atoms with Crippen molar-refractivity contribution >= 4 is 67.1 Å². The third-order valence-corrected chi connectivity index (χ3v) is 11.2. The van der Waals surface area contributed by atoms with Crippen LogP contribution in [0.15, 0.2) is 77.9 Å². The zero-order valence-corrected chi connectivity index (χ0v) is 24.4. The average Bonchev–Trinajstić information content (AvgIpc) is 3.41. The quantitative estimate of drug-likeness (QED) is 0.147. The van der Waals surface area contributed by atoms with E-state index in [1.165, 1.54) is 15.2 Å². The fourth-order valence-electron chi connectivity index (χ4n) is 5.64. The van der Waals surface area contributed by atoms with Gasteiger partial charge >= 0.3 is 0 Å². The number of carbonyl (C=O) groups excluding carboxylic acids is 3. The molecule has 8 heteroatoms. The minimum absolute atomic E-state index is 0.222. The first-order valence-electron chi connectivity index (χ1n) is 12.7. The van der Waals surface area contributed by atoms with E-state index in [4.69, 9.17) is 12.2 Å². The zero-order chi connectivity index (χ0) is 27.6. The average molecular weight is 571 g/mol. The number of hydrogen-bond acceptors (Lipinski definition) is 6. The zero-order valence-electron chi connectivity index (χ0n) is 22.0. The largest absolute Gasteiger partial charge is 0.299 e. The van der Waals surface area contributed by atoms with Gasteiger partial charge in [-0.15, -0.1) is 0 Å². The van der Waals surface area contributed by atoms with Gasteiger partial charge in [-0.2, -0.15) is 0 Å². The molecule has 2 aliphatic rings. The number of anilines is 1. The molecule has 3 aromatic carbocycles. The van der Waals surface area contributed by atoms with Crippen molar-refractivity contribution in [3.05, 3.63) is 92.1 Å². The maximum absolute atomic E-state index is 14.9. The Kier molecular flexibility index (Phi) is 6.17. The molecule has 0 saturated heterocycles. The van der Waals surface area contributed by atoms with E-state index in [0.29, 0.717) is 11.1 Å². The van der Waals surface area contributed by atoms with E-state index >= 15 is 0 Å². The van der Waals surface area contributed by atoms with Crippen molar-refractivity contribution in [2.24, 2.45) is 0 Å². The Hall–Kier alpha value is -3.46. The Morgan fingerprint density at radius 1 is 0.897 bits per heavy atom. The smallest absolute Gasteiger partial charge is 0.257 e. The number of fused-ring (bicyclic) bond motifs is 4. The van der Waals surface area contributed by atoms with Gasteiger partial charge in [0.25, 0.3) is 17.7 Å². The normalized spacial score (nSPS) is 17.0. The van der Waals surface area contributed by atoms with Crippen LogP contribution < -0.4 is 4.90 Å². The summed E-state index contributed by atoms with van der Waals surface area (Å²) in [6, 6.07) is 20.7. The van der Waals surface area contributed by atoms with Crippen molar-refractivity contribution in [2.75, 3.05) is 4.90 Å². The fourth-order valence-corrected chi connectivity index (χ4v) is 8.92. The summed E-state index contributed by atoms with van der Waals surface area (Å²) in [7, 11) is 3.12. The molecular weight excluding hydrogens is 545 g/mol. The standard InChI is InChI=1S/C31H26N2O3S3/c1-17-18(2)28(35)32(27(17)34)24(14-19-10-6-5-7-11-19)29(36)33-23-16-21-13-9-8-12-20(21)15-22(23)25-26(31(33,3)4)38-39-30(25)37/h5-13,15-16,24H,14H2,1-4H3. The Labute approximate surface area is 239 Å². The number of rotatable bonds is 4. The molecule has 0 aliphatic carbocycles. The van der Waals surface area contributed by atoms with Crippen LogP contribution in [0.5, 0.6) is 0 Å². The predicted octanol–water partition coefficient (Wildman–Crippen LogP) is 7.26. The first-order valence-corrected chi connectivity index (χ1v) is 15.3. The summed E-state index contributed by atoms with van der Waals surface area (Å²) < 4.78 is 0.799. The van der Waals surface area contributed by atoms with Gasteiger partial charge in [-0.25, -0.2) is 0 Å². The third-order valence-electron chi connectivity index (χ3n) is 7.85. The van der Waals surface area contributed by atoms with E-state index in [-0.39, 0.29) is 12.3 Å². The summed E-state index contributed by atoms with van der Waals surface area (Å²) in [6.45, 7) is 7.33. The molecule has 0 saturated carbocycles. The first kappa shape index (κ1) is 25.8. The fraction of sp³-hybridized carbons (Fsp3) is 0.226. The van der Waals surface area contributed by atoms with E-state index in [9.17, 15) is 14.4 Å². The number of hydrogen-bond donors (Lipinski definition) is 0. The maximum atomic E-state index is 14.9. The minimum Gasteiger partial charge on any atom is -0.299 e. The highest BCUT2D eigenvalue weighted by Crippen LogP contribution is 2.53. The Morgan fingerprint density at radius 2 is 1.49 bits per heavy atom. The van der Waals surface area contributed by atoms with Gasteiger partial charge in [-0.05, 0) is 56.2 Å². The second-order valence-corrected chi connectivity index (χ2v) is 13.4. The van der Waals surface area contributed by atoms with Gasteiger partial charge in [-0.1, -0.05) is 87.5 Å². The van der Waals surface area contributed by atoms with Crippen LogP contribution in [0, 0.1) is 3.82 Å². The highest BCUT2D eigenvalue weighted by Gasteiger charge is 2.49. The van der Waals surface area contributed by atoms with Gasteiger partial charge in [0.2, 0.25) is 0 Å². The SMILES string of the molecule is CC1=C(C)C(=O)N(C(Cc2ccccc2)C(=O)N2c3cc4ccccc4cc3-c3c(ssc3=S)C2(C)C)C1=O. The lowest BCUT2D eigenvalue weighted by atomic mass is 9.85. The van der Waals surface area contributed by atoms with Crippen LogP contribution in [0.4, 0.5) is 5.69 Å². The Morgan fingerprint density at radius 3 is 2.13 bits per heavy atom. The van der Waals surface area contributed by atoms with Crippen LogP contribution in [0.1, 0.15) is 38.1 Å². The van der Waals surface area contributed by atoms with Gasteiger partial charge < -0.3 is 0 Å². The first-order chi connectivity index (χ1) is 18.6. The monoisotopic (exact) mass is 570 g/mol. The topological polar surface area (TPSA) is 57.7 Å². The molecule has 0 spiro atoms. The van der Waals surface area contributed by atoms with Crippen LogP contribution in [0.3, 0.4) is 0 Å². The van der Waals surface area contributed by atoms with E-state index in [1.54, 1.807) is 29.1 Å². The lowest BCUT2D eigenvalue weighted by Crippen LogP contribution is -2.58. The van der Waals surface area contributed by atoms with Crippen molar-refractivity contribution in [2.45, 2.75) is 45.7 Å². The van der Waals surface area contributed by atoms with Crippen molar-refractivity contribution in [1.29, 1.82) is 0 Å². The molecule has 39 heavy (non-hydrogen) atoms. The second-order valence-electron chi connectivity index (χ2n) is 10.5. The van der Waals surface area contributed by atoms with E-state index < -0.39 is 23.4 Å². The minimum atomic E-state index is -1.01. The number of nitrogens with zero attached hydrogens (tertiary/aromatic N) is 2. The highest BCUT2D eigenvalue weighted by atomic mass is 32.9. The molecule has 3 heterocycles. The highest BCUT2D eigenvalue weighted by molar-refractivity contribution is 7.80. The molecule has 3 amide bonds. The van der Waals surface area contributed by atoms with Crippen LogP contribution in [0.2, 0.25) is 0 Å². The van der Waals surface area contributed by atoms with Crippen LogP contribution in [-0.4, -0.2) is 28.7 Å². The summed E-state index contributed by atoms with van der Waals surface area (Å²) in [5.41, 5.74) is 3.53. The number of amides is 3. The summed E-state index contributed by atoms with van der Waals surface area (Å²) in [5, 5.41) is 2.06. The van der Waals surface area contributed by atoms with Crippen molar-refractivity contribution in [3.63, 3.8) is 0 Å². The van der Waals surface area contributed by atoms with Gasteiger partial charge in [0.1, 0.15) is 9.87 Å². The third kappa shape index (κ3) is 3.92. The second kappa shape index (κ2) is 9.33. The Balaban J connectivity index is 1.56. The molecule has 6 rings (SSSR count). The maximum Gasteiger partial charge on any atom is 0.257 e. The van der Waals surface area contributed by atoms with Gasteiger partial charge in [0, 0.05) is 28.7 Å². The summed E-state index contributed by atoms with van der Waals surface area (Å²) in [6.07, 6.45) is 0.222. The molecule has 4 aromatic rings. The molecule has 2 aliphatic heterocycles. The van der Waals surface area contributed by atoms with Crippen LogP contribution >= 0.6 is 32.9 Å². The number of imide groups is 1. The lowest BCUT2D eigenvalue weighted by Gasteiger charge is -2.45. The van der Waals surface area contributed by atoms with E-state index in [2.05, 4.69) is 12.1 Å². The Bertz CT molecular complexity index is 1760. The molecule has 0 radical (unpaired) electrons. The molecule has 0 fully saturated rings. The molecule has 1 aromatic heterocycles. The molecular formula is C31H26N2O3S3. The van der Waals surface area contributed by atoms with Crippen LogP contribution in [0.25, 0.3) is 21.9 Å². The lowest BCUT2D eigenvalue weighted by molar-refractivity contribution is -0.145. The molecule has 0 N–H and O–H groups in total.